The van der Waals surface area contributed by atoms with Crippen molar-refractivity contribution >= 4 is 23.8 Å². The zero-order chi connectivity index (χ0) is 27.0. The number of anilines is 1. The van der Waals surface area contributed by atoms with Gasteiger partial charge in [-0.15, -0.1) is 0 Å². The van der Waals surface area contributed by atoms with E-state index in [0.717, 1.165) is 5.56 Å². The summed E-state index contributed by atoms with van der Waals surface area (Å²) in [5.74, 6) is -0.416. The number of carbonyl (C=O) groups is 3. The summed E-state index contributed by atoms with van der Waals surface area (Å²) in [7, 11) is 0. The number of aromatic nitrogens is 2. The monoisotopic (exact) mass is 512 g/mol. The zero-order valence-electron chi connectivity index (χ0n) is 22.2. The number of benzene rings is 1. The summed E-state index contributed by atoms with van der Waals surface area (Å²) >= 11 is 0. The maximum absolute atomic E-state index is 12.8. The van der Waals surface area contributed by atoms with Gasteiger partial charge in [-0.1, -0.05) is 30.3 Å². The fraction of sp³-hybridized carbons (Fsp3) is 0.519. The normalized spacial score (nSPS) is 13.9. The van der Waals surface area contributed by atoms with Gasteiger partial charge >= 0.3 is 18.0 Å². The van der Waals surface area contributed by atoms with Crippen LogP contribution in [0.1, 0.15) is 62.7 Å². The van der Waals surface area contributed by atoms with Crippen LogP contribution in [0.4, 0.5) is 10.6 Å². The Bertz CT molecular complexity index is 1080. The number of esters is 2. The second-order valence-corrected chi connectivity index (χ2v) is 10.1. The number of hydrogen-bond donors (Lipinski definition) is 0. The van der Waals surface area contributed by atoms with Crippen LogP contribution in [0.15, 0.2) is 36.7 Å². The molecule has 1 aromatic carbocycles. The van der Waals surface area contributed by atoms with Gasteiger partial charge in [-0.05, 0) is 46.6 Å². The highest BCUT2D eigenvalue weighted by molar-refractivity contribution is 5.90. The summed E-state index contributed by atoms with van der Waals surface area (Å²) in [6.07, 6.45) is 0.888. The van der Waals surface area contributed by atoms with Gasteiger partial charge in [0.2, 0.25) is 0 Å². The molecule has 200 valence electrons. The van der Waals surface area contributed by atoms with Crippen molar-refractivity contribution in [3.8, 4) is 0 Å². The van der Waals surface area contributed by atoms with E-state index in [0.29, 0.717) is 37.6 Å². The minimum Gasteiger partial charge on any atom is -0.461 e. The van der Waals surface area contributed by atoms with Crippen LogP contribution in [-0.2, 0) is 32.0 Å². The number of piperazine rings is 1. The lowest BCUT2D eigenvalue weighted by Gasteiger charge is -2.36. The number of hydrogen-bond acceptors (Lipinski definition) is 9. The van der Waals surface area contributed by atoms with Crippen molar-refractivity contribution in [2.75, 3.05) is 31.1 Å². The second kappa shape index (κ2) is 12.5. The largest absolute Gasteiger partial charge is 0.461 e. The molecule has 0 unspecified atom stereocenters. The van der Waals surface area contributed by atoms with Gasteiger partial charge in [-0.2, -0.15) is 0 Å². The smallest absolute Gasteiger partial charge is 0.410 e. The molecular formula is C27H36N4O6. The number of rotatable bonds is 8. The molecule has 0 bridgehead atoms. The van der Waals surface area contributed by atoms with Crippen molar-refractivity contribution in [1.82, 2.24) is 14.9 Å². The molecule has 0 aliphatic carbocycles. The Labute approximate surface area is 217 Å². The van der Waals surface area contributed by atoms with Gasteiger partial charge in [0, 0.05) is 38.2 Å². The molecule has 1 aromatic heterocycles. The van der Waals surface area contributed by atoms with Gasteiger partial charge in [0.25, 0.3) is 0 Å². The van der Waals surface area contributed by atoms with Crippen molar-refractivity contribution in [2.24, 2.45) is 0 Å². The Balaban J connectivity index is 1.73. The summed E-state index contributed by atoms with van der Waals surface area (Å²) < 4.78 is 16.3. The highest BCUT2D eigenvalue weighted by Gasteiger charge is 2.29. The average molecular weight is 513 g/mol. The van der Waals surface area contributed by atoms with Gasteiger partial charge in [-0.3, -0.25) is 4.79 Å². The molecule has 3 rings (SSSR count). The van der Waals surface area contributed by atoms with Gasteiger partial charge in [0.15, 0.2) is 5.69 Å². The topological polar surface area (TPSA) is 111 Å². The van der Waals surface area contributed by atoms with E-state index < -0.39 is 17.5 Å². The van der Waals surface area contributed by atoms with Gasteiger partial charge in [-0.25, -0.2) is 19.6 Å². The van der Waals surface area contributed by atoms with Crippen LogP contribution < -0.4 is 4.90 Å². The molecule has 0 saturated carbocycles. The molecule has 1 fully saturated rings. The maximum Gasteiger partial charge on any atom is 0.410 e. The second-order valence-electron chi connectivity index (χ2n) is 10.1. The minimum absolute atomic E-state index is 0.0486. The molecule has 0 spiro atoms. The first-order chi connectivity index (χ1) is 17.5. The van der Waals surface area contributed by atoms with Gasteiger partial charge < -0.3 is 24.0 Å². The lowest BCUT2D eigenvalue weighted by molar-refractivity contribution is -0.144. The molecular weight excluding hydrogens is 476 g/mol. The Morgan fingerprint density at radius 1 is 1.00 bits per heavy atom. The van der Waals surface area contributed by atoms with Crippen LogP contribution in [0.5, 0.6) is 0 Å². The van der Waals surface area contributed by atoms with E-state index in [4.69, 9.17) is 14.2 Å². The third-order valence-electron chi connectivity index (χ3n) is 5.51. The molecule has 0 radical (unpaired) electrons. The molecule has 1 saturated heterocycles. The first-order valence-corrected chi connectivity index (χ1v) is 12.5. The predicted octanol–water partition coefficient (Wildman–Crippen LogP) is 3.77. The van der Waals surface area contributed by atoms with E-state index in [1.54, 1.807) is 18.7 Å². The van der Waals surface area contributed by atoms with Crippen molar-refractivity contribution in [3.05, 3.63) is 53.5 Å². The molecule has 37 heavy (non-hydrogen) atoms. The molecule has 1 aliphatic heterocycles. The van der Waals surface area contributed by atoms with Crippen LogP contribution in [-0.4, -0.2) is 70.8 Å². The maximum atomic E-state index is 12.8. The van der Waals surface area contributed by atoms with Crippen LogP contribution in [0, 0.1) is 0 Å². The van der Waals surface area contributed by atoms with Crippen LogP contribution >= 0.6 is 0 Å². The predicted molar refractivity (Wildman–Crippen MR) is 137 cm³/mol. The fourth-order valence-electron chi connectivity index (χ4n) is 3.82. The third-order valence-corrected chi connectivity index (χ3v) is 5.51. The Kier molecular flexibility index (Phi) is 9.43. The van der Waals surface area contributed by atoms with Crippen molar-refractivity contribution in [3.63, 3.8) is 0 Å². The third kappa shape index (κ3) is 8.44. The first-order valence-electron chi connectivity index (χ1n) is 12.5. The standard InChI is InChI=1S/C27H36N4O6/c1-19(2)36-25(33)23-21(11-12-22(32)35-17-20-9-7-6-8-10-20)24(29-18-28-23)30-13-15-31(16-14-30)26(34)37-27(3,4)5/h6-10,18-19H,11-17H2,1-5H3. The molecule has 0 N–H and O–H groups in total. The van der Waals surface area contributed by atoms with Crippen molar-refractivity contribution < 1.29 is 28.6 Å². The first kappa shape index (κ1) is 27.9. The summed E-state index contributed by atoms with van der Waals surface area (Å²) in [5, 5.41) is 0. The Morgan fingerprint density at radius 3 is 2.30 bits per heavy atom. The molecule has 1 aliphatic rings. The van der Waals surface area contributed by atoms with Crippen molar-refractivity contribution in [1.29, 1.82) is 0 Å². The van der Waals surface area contributed by atoms with Gasteiger partial charge in [0.05, 0.1) is 6.10 Å². The fourth-order valence-corrected chi connectivity index (χ4v) is 3.82. The highest BCUT2D eigenvalue weighted by atomic mass is 16.6. The van der Waals surface area contributed by atoms with Crippen LogP contribution in [0.25, 0.3) is 0 Å². The van der Waals surface area contributed by atoms with E-state index in [2.05, 4.69) is 9.97 Å². The minimum atomic E-state index is -0.575. The quantitative estimate of drug-likeness (QED) is 0.385. The number of nitrogens with zero attached hydrogens (tertiary/aromatic N) is 4. The Hall–Kier alpha value is -3.69. The van der Waals surface area contributed by atoms with Crippen LogP contribution in [0.2, 0.25) is 0 Å². The SMILES string of the molecule is CC(C)OC(=O)c1ncnc(N2CCN(C(=O)OC(C)(C)C)CC2)c1CCC(=O)OCc1ccccc1. The van der Waals surface area contributed by atoms with E-state index in [9.17, 15) is 14.4 Å². The van der Waals surface area contributed by atoms with E-state index in [-0.39, 0.29) is 37.3 Å². The molecule has 10 nitrogen and oxygen atoms in total. The van der Waals surface area contributed by atoms with Gasteiger partial charge in [0.1, 0.15) is 24.4 Å². The van der Waals surface area contributed by atoms with E-state index in [1.165, 1.54) is 6.33 Å². The molecule has 1 amide bonds. The summed E-state index contributed by atoms with van der Waals surface area (Å²) in [6.45, 7) is 11.0. The lowest BCUT2D eigenvalue weighted by atomic mass is 10.1. The molecule has 0 atom stereocenters. The molecule has 10 heteroatoms. The van der Waals surface area contributed by atoms with Crippen LogP contribution in [0.3, 0.4) is 0 Å². The van der Waals surface area contributed by atoms with E-state index in [1.807, 2.05) is 56.0 Å². The van der Waals surface area contributed by atoms with E-state index >= 15 is 0 Å². The lowest BCUT2D eigenvalue weighted by Crippen LogP contribution is -2.50. The zero-order valence-corrected chi connectivity index (χ0v) is 22.2. The number of carbonyl (C=O) groups excluding carboxylic acids is 3. The highest BCUT2D eigenvalue weighted by Crippen LogP contribution is 2.25. The summed E-state index contributed by atoms with van der Waals surface area (Å²) in [5.41, 5.74) is 0.970. The Morgan fingerprint density at radius 2 is 1.68 bits per heavy atom. The molecule has 2 heterocycles. The number of ether oxygens (including phenoxy) is 3. The number of amides is 1. The summed E-state index contributed by atoms with van der Waals surface area (Å²) in [6, 6.07) is 9.42. The summed E-state index contributed by atoms with van der Waals surface area (Å²) in [4.78, 5) is 50.1. The average Bonchev–Trinajstić information content (AvgIpc) is 2.85. The van der Waals surface area contributed by atoms with Crippen molar-refractivity contribution in [2.45, 2.75) is 65.8 Å². The molecule has 2 aromatic rings.